The Bertz CT molecular complexity index is 156. The number of carbonyl (C=O) groups excluding carboxylic acids is 1. The highest BCUT2D eigenvalue weighted by Gasteiger charge is 2.02. The van der Waals surface area contributed by atoms with E-state index in [9.17, 15) is 4.79 Å². The number of nitrogens with two attached hydrogens (primary N) is 1. The molecule has 64 valence electrons. The molecule has 2 N–H and O–H groups in total. The van der Waals surface area contributed by atoms with Gasteiger partial charge in [-0.2, -0.15) is 0 Å². The minimum absolute atomic E-state index is 0.126. The summed E-state index contributed by atoms with van der Waals surface area (Å²) in [5, 5.41) is 0. The third-order valence-corrected chi connectivity index (χ3v) is 0.940. The lowest BCUT2D eigenvalue weighted by atomic mass is 9.96. The van der Waals surface area contributed by atoms with Crippen LogP contribution in [0.3, 0.4) is 0 Å². The number of primary amides is 1. The number of rotatable bonds is 2. The van der Waals surface area contributed by atoms with Crippen molar-refractivity contribution in [2.24, 2.45) is 11.1 Å². The molecule has 0 aromatic rings. The average molecular weight is 157 g/mol. The van der Waals surface area contributed by atoms with Crippen LogP contribution >= 0.6 is 0 Å². The molecule has 0 aromatic carbocycles. The predicted octanol–water partition coefficient (Wildman–Crippen LogP) is 1.68. The van der Waals surface area contributed by atoms with Crippen LogP contribution in [0.2, 0.25) is 0 Å². The van der Waals surface area contributed by atoms with E-state index in [-0.39, 0.29) is 12.0 Å². The van der Waals surface area contributed by atoms with Crippen molar-refractivity contribution in [2.45, 2.75) is 20.8 Å². The van der Waals surface area contributed by atoms with Gasteiger partial charge in [0.25, 0.3) is 0 Å². The normalized spacial score (nSPS) is 11.9. The standard InChI is InChI=1S/C8H15NO2/c1-8(2,3)5-4-6-11-7(9)10/h4-5H,6H2,1-3H3,(H2,9,10). The zero-order valence-corrected chi connectivity index (χ0v) is 7.26. The summed E-state index contributed by atoms with van der Waals surface area (Å²) < 4.78 is 4.49. The van der Waals surface area contributed by atoms with Gasteiger partial charge in [0.05, 0.1) is 0 Å². The molecule has 0 saturated heterocycles. The van der Waals surface area contributed by atoms with Gasteiger partial charge in [-0.05, 0) is 5.41 Å². The summed E-state index contributed by atoms with van der Waals surface area (Å²) in [6, 6.07) is 0. The summed E-state index contributed by atoms with van der Waals surface area (Å²) >= 11 is 0. The minimum Gasteiger partial charge on any atom is -0.445 e. The van der Waals surface area contributed by atoms with Crippen molar-refractivity contribution in [1.82, 2.24) is 0 Å². The molecule has 0 aliphatic rings. The van der Waals surface area contributed by atoms with Crippen LogP contribution in [0.4, 0.5) is 4.79 Å². The molecule has 0 spiro atoms. The zero-order chi connectivity index (χ0) is 8.91. The van der Waals surface area contributed by atoms with E-state index in [1.807, 2.05) is 6.08 Å². The molecule has 3 heteroatoms. The van der Waals surface area contributed by atoms with E-state index >= 15 is 0 Å². The van der Waals surface area contributed by atoms with Gasteiger partial charge in [-0.1, -0.05) is 32.9 Å². The minimum atomic E-state index is -0.733. The molecule has 0 saturated carbocycles. The van der Waals surface area contributed by atoms with Crippen LogP contribution in [-0.4, -0.2) is 12.7 Å². The Hall–Kier alpha value is -0.990. The van der Waals surface area contributed by atoms with E-state index in [1.165, 1.54) is 0 Å². The third-order valence-electron chi connectivity index (χ3n) is 0.940. The Kier molecular flexibility index (Phi) is 3.65. The fourth-order valence-electron chi connectivity index (χ4n) is 0.532. The molecular weight excluding hydrogens is 142 g/mol. The molecule has 0 radical (unpaired) electrons. The maximum atomic E-state index is 10.1. The maximum absolute atomic E-state index is 10.1. The largest absolute Gasteiger partial charge is 0.445 e. The Morgan fingerprint density at radius 2 is 2.09 bits per heavy atom. The Balaban J connectivity index is 3.54. The molecule has 1 amide bonds. The van der Waals surface area contributed by atoms with Crippen molar-refractivity contribution in [1.29, 1.82) is 0 Å². The molecule has 0 rings (SSSR count). The molecule has 0 aliphatic heterocycles. The van der Waals surface area contributed by atoms with Gasteiger partial charge in [-0.3, -0.25) is 0 Å². The van der Waals surface area contributed by atoms with Crippen molar-refractivity contribution in [3.63, 3.8) is 0 Å². The van der Waals surface area contributed by atoms with Crippen LogP contribution in [0.15, 0.2) is 12.2 Å². The Morgan fingerprint density at radius 1 is 1.55 bits per heavy atom. The van der Waals surface area contributed by atoms with Crippen molar-refractivity contribution in [3.8, 4) is 0 Å². The average Bonchev–Trinajstić information content (AvgIpc) is 1.78. The van der Waals surface area contributed by atoms with Crippen LogP contribution in [0.25, 0.3) is 0 Å². The van der Waals surface area contributed by atoms with E-state index in [4.69, 9.17) is 5.73 Å². The van der Waals surface area contributed by atoms with Gasteiger partial charge in [0.2, 0.25) is 0 Å². The lowest BCUT2D eigenvalue weighted by Gasteiger charge is -2.10. The highest BCUT2D eigenvalue weighted by atomic mass is 16.5. The smallest absolute Gasteiger partial charge is 0.404 e. The van der Waals surface area contributed by atoms with Crippen molar-refractivity contribution in [3.05, 3.63) is 12.2 Å². The highest BCUT2D eigenvalue weighted by molar-refractivity contribution is 5.64. The summed E-state index contributed by atoms with van der Waals surface area (Å²) in [6.45, 7) is 6.45. The van der Waals surface area contributed by atoms with E-state index in [1.54, 1.807) is 6.08 Å². The lowest BCUT2D eigenvalue weighted by molar-refractivity contribution is 0.169. The summed E-state index contributed by atoms with van der Waals surface area (Å²) in [5.74, 6) is 0. The first-order chi connectivity index (χ1) is 4.92. The second-order valence-electron chi connectivity index (χ2n) is 3.40. The van der Waals surface area contributed by atoms with E-state index in [2.05, 4.69) is 25.5 Å². The van der Waals surface area contributed by atoms with Crippen molar-refractivity contribution < 1.29 is 9.53 Å². The molecular formula is C8H15NO2. The third kappa shape index (κ3) is 9.01. The van der Waals surface area contributed by atoms with Crippen molar-refractivity contribution in [2.75, 3.05) is 6.61 Å². The first-order valence-corrected chi connectivity index (χ1v) is 3.52. The first kappa shape index (κ1) is 10.0. The number of hydrogen-bond donors (Lipinski definition) is 1. The van der Waals surface area contributed by atoms with Gasteiger partial charge in [0, 0.05) is 0 Å². The van der Waals surface area contributed by atoms with E-state index in [0.717, 1.165) is 0 Å². The molecule has 0 unspecified atom stereocenters. The maximum Gasteiger partial charge on any atom is 0.404 e. The van der Waals surface area contributed by atoms with Crippen molar-refractivity contribution >= 4 is 6.09 Å². The Labute approximate surface area is 67.2 Å². The second kappa shape index (κ2) is 4.01. The van der Waals surface area contributed by atoms with Crippen LogP contribution in [0.1, 0.15) is 20.8 Å². The highest BCUT2D eigenvalue weighted by Crippen LogP contribution is 2.13. The van der Waals surface area contributed by atoms with Gasteiger partial charge >= 0.3 is 6.09 Å². The van der Waals surface area contributed by atoms with E-state index in [0.29, 0.717) is 0 Å². The molecule has 0 fully saturated rings. The van der Waals surface area contributed by atoms with Crippen LogP contribution in [-0.2, 0) is 4.74 Å². The Morgan fingerprint density at radius 3 is 2.45 bits per heavy atom. The molecule has 0 aromatic heterocycles. The van der Waals surface area contributed by atoms with Gasteiger partial charge < -0.3 is 10.5 Å². The summed E-state index contributed by atoms with van der Waals surface area (Å²) in [4.78, 5) is 10.1. The quantitative estimate of drug-likeness (QED) is 0.620. The predicted molar refractivity (Wildman–Crippen MR) is 44.1 cm³/mol. The summed E-state index contributed by atoms with van der Waals surface area (Å²) in [6.07, 6.45) is 3.02. The first-order valence-electron chi connectivity index (χ1n) is 3.52. The number of allylic oxidation sites excluding steroid dienone is 1. The number of carbonyl (C=O) groups is 1. The lowest BCUT2D eigenvalue weighted by Crippen LogP contribution is -2.13. The molecule has 0 bridgehead atoms. The van der Waals surface area contributed by atoms with Gasteiger partial charge in [-0.25, -0.2) is 4.79 Å². The van der Waals surface area contributed by atoms with Crippen LogP contribution < -0.4 is 5.73 Å². The van der Waals surface area contributed by atoms with Gasteiger partial charge in [0.15, 0.2) is 0 Å². The number of ether oxygens (including phenoxy) is 1. The second-order valence-corrected chi connectivity index (χ2v) is 3.40. The molecule has 0 atom stereocenters. The molecule has 11 heavy (non-hydrogen) atoms. The van der Waals surface area contributed by atoms with Crippen LogP contribution in [0, 0.1) is 5.41 Å². The fourth-order valence-corrected chi connectivity index (χ4v) is 0.532. The fraction of sp³-hybridized carbons (Fsp3) is 0.625. The topological polar surface area (TPSA) is 52.3 Å². The monoisotopic (exact) mass is 157 g/mol. The van der Waals surface area contributed by atoms with Crippen LogP contribution in [0.5, 0.6) is 0 Å². The molecule has 0 heterocycles. The SMILES string of the molecule is CC(C)(C)C=CCOC(N)=O. The number of amides is 1. The summed E-state index contributed by atoms with van der Waals surface area (Å²) in [5.41, 5.74) is 4.87. The molecule has 0 aliphatic carbocycles. The molecule has 3 nitrogen and oxygen atoms in total. The van der Waals surface area contributed by atoms with Gasteiger partial charge in [-0.15, -0.1) is 0 Å². The van der Waals surface area contributed by atoms with E-state index < -0.39 is 6.09 Å². The van der Waals surface area contributed by atoms with Gasteiger partial charge in [0.1, 0.15) is 6.61 Å². The number of hydrogen-bond acceptors (Lipinski definition) is 2. The summed E-state index contributed by atoms with van der Waals surface area (Å²) in [7, 11) is 0. The zero-order valence-electron chi connectivity index (χ0n) is 7.26.